The fourth-order valence-electron chi connectivity index (χ4n) is 3.74. The predicted octanol–water partition coefficient (Wildman–Crippen LogP) is 4.17. The topological polar surface area (TPSA) is 45.3 Å². The molecule has 3 aromatic rings. The van der Waals surface area contributed by atoms with Crippen LogP contribution in [0.15, 0.2) is 54.7 Å². The fourth-order valence-corrected chi connectivity index (χ4v) is 3.74. The number of hydrogen-bond acceptors (Lipinski definition) is 2. The third-order valence-corrected chi connectivity index (χ3v) is 5.28. The fraction of sp³-hybridized carbons (Fsp3) is 0.318. The lowest BCUT2D eigenvalue weighted by Gasteiger charge is -2.16. The van der Waals surface area contributed by atoms with E-state index < -0.39 is 0 Å². The molecule has 0 bridgehead atoms. The number of H-pyrrole nitrogens is 1. The highest BCUT2D eigenvalue weighted by Gasteiger charge is 2.26. The summed E-state index contributed by atoms with van der Waals surface area (Å²) < 4.78 is 19.1. The molecule has 1 saturated heterocycles. The summed E-state index contributed by atoms with van der Waals surface area (Å²) in [5.41, 5.74) is 2.10. The molecule has 1 N–H and O–H groups in total. The number of benzene rings is 2. The SMILES string of the molecule is O=C(Cc1c[nH]c2ccccc12)N1CCC(CCOc2ccccc2F)C1. The molecule has 5 heteroatoms. The summed E-state index contributed by atoms with van der Waals surface area (Å²) >= 11 is 0. The first-order valence-corrected chi connectivity index (χ1v) is 9.41. The summed E-state index contributed by atoms with van der Waals surface area (Å²) in [5.74, 6) is 0.531. The Morgan fingerprint density at radius 2 is 2.00 bits per heavy atom. The molecule has 0 radical (unpaired) electrons. The predicted molar refractivity (Wildman–Crippen MR) is 103 cm³/mol. The number of nitrogens with zero attached hydrogens (tertiary/aromatic N) is 1. The van der Waals surface area contributed by atoms with Gasteiger partial charge in [-0.15, -0.1) is 0 Å². The van der Waals surface area contributed by atoms with E-state index in [2.05, 4.69) is 4.98 Å². The zero-order chi connectivity index (χ0) is 18.6. The number of carbonyl (C=O) groups is 1. The maximum atomic E-state index is 13.6. The summed E-state index contributed by atoms with van der Waals surface area (Å²) in [4.78, 5) is 17.8. The van der Waals surface area contributed by atoms with Crippen LogP contribution in [0.1, 0.15) is 18.4 Å². The van der Waals surface area contributed by atoms with E-state index in [0.29, 0.717) is 24.7 Å². The quantitative estimate of drug-likeness (QED) is 0.712. The maximum absolute atomic E-state index is 13.6. The molecule has 1 aliphatic heterocycles. The minimum atomic E-state index is -0.334. The molecule has 0 aliphatic carbocycles. The molecule has 0 saturated carbocycles. The van der Waals surface area contributed by atoms with Crippen LogP contribution in [0.5, 0.6) is 5.75 Å². The number of fused-ring (bicyclic) bond motifs is 1. The molecular formula is C22H23FN2O2. The smallest absolute Gasteiger partial charge is 0.227 e. The Balaban J connectivity index is 1.27. The van der Waals surface area contributed by atoms with Crippen molar-refractivity contribution >= 4 is 16.8 Å². The highest BCUT2D eigenvalue weighted by atomic mass is 19.1. The van der Waals surface area contributed by atoms with Crippen LogP contribution in [0, 0.1) is 11.7 Å². The number of nitrogens with one attached hydrogen (secondary N) is 1. The van der Waals surface area contributed by atoms with Gasteiger partial charge in [-0.25, -0.2) is 4.39 Å². The maximum Gasteiger partial charge on any atom is 0.227 e. The van der Waals surface area contributed by atoms with Crippen molar-refractivity contribution in [3.63, 3.8) is 0 Å². The molecule has 1 aromatic heterocycles. The molecule has 27 heavy (non-hydrogen) atoms. The minimum Gasteiger partial charge on any atom is -0.491 e. The largest absolute Gasteiger partial charge is 0.491 e. The van der Waals surface area contributed by atoms with Crippen molar-refractivity contribution in [3.05, 3.63) is 66.1 Å². The standard InChI is InChI=1S/C22H23FN2O2/c23-19-6-2-4-8-21(19)27-12-10-16-9-11-25(15-16)22(26)13-17-14-24-20-7-3-1-5-18(17)20/h1-8,14,16,24H,9-13,15H2. The molecule has 140 valence electrons. The molecule has 1 aliphatic rings. The van der Waals surface area contributed by atoms with Crippen LogP contribution < -0.4 is 4.74 Å². The second-order valence-corrected chi connectivity index (χ2v) is 7.10. The van der Waals surface area contributed by atoms with Gasteiger partial charge in [0.05, 0.1) is 13.0 Å². The number of aromatic amines is 1. The van der Waals surface area contributed by atoms with E-state index in [1.54, 1.807) is 18.2 Å². The number of likely N-dealkylation sites (tertiary alicyclic amines) is 1. The van der Waals surface area contributed by atoms with Crippen molar-refractivity contribution in [1.82, 2.24) is 9.88 Å². The summed E-state index contributed by atoms with van der Waals surface area (Å²) in [6.07, 6.45) is 4.15. The Morgan fingerprint density at radius 1 is 1.19 bits per heavy atom. The van der Waals surface area contributed by atoms with E-state index in [1.807, 2.05) is 35.4 Å². The van der Waals surface area contributed by atoms with Crippen molar-refractivity contribution < 1.29 is 13.9 Å². The molecule has 2 heterocycles. The van der Waals surface area contributed by atoms with E-state index in [0.717, 1.165) is 42.4 Å². The van der Waals surface area contributed by atoms with E-state index in [1.165, 1.54) is 6.07 Å². The number of rotatable bonds is 6. The number of halogens is 1. The third-order valence-electron chi connectivity index (χ3n) is 5.28. The number of ether oxygens (including phenoxy) is 1. The Kier molecular flexibility index (Phi) is 5.10. The van der Waals surface area contributed by atoms with Gasteiger partial charge < -0.3 is 14.6 Å². The van der Waals surface area contributed by atoms with Crippen molar-refractivity contribution in [2.75, 3.05) is 19.7 Å². The molecule has 0 spiro atoms. The average Bonchev–Trinajstić information content (AvgIpc) is 3.31. The number of para-hydroxylation sites is 2. The summed E-state index contributed by atoms with van der Waals surface area (Å²) in [6.45, 7) is 2.00. The number of aromatic nitrogens is 1. The number of hydrogen-bond donors (Lipinski definition) is 1. The van der Waals surface area contributed by atoms with Gasteiger partial charge in [0.15, 0.2) is 11.6 Å². The summed E-state index contributed by atoms with van der Waals surface area (Å²) in [7, 11) is 0. The summed E-state index contributed by atoms with van der Waals surface area (Å²) in [5, 5.41) is 1.11. The van der Waals surface area contributed by atoms with Crippen molar-refractivity contribution in [2.45, 2.75) is 19.3 Å². The number of carbonyl (C=O) groups excluding carboxylic acids is 1. The first-order valence-electron chi connectivity index (χ1n) is 9.41. The van der Waals surface area contributed by atoms with Crippen LogP contribution >= 0.6 is 0 Å². The normalized spacial score (nSPS) is 16.8. The Hall–Kier alpha value is -2.82. The molecule has 2 aromatic carbocycles. The van der Waals surface area contributed by atoms with Gasteiger partial charge in [-0.05, 0) is 42.5 Å². The van der Waals surface area contributed by atoms with Crippen LogP contribution in [0.2, 0.25) is 0 Å². The lowest BCUT2D eigenvalue weighted by molar-refractivity contribution is -0.129. The van der Waals surface area contributed by atoms with E-state index in [9.17, 15) is 9.18 Å². The molecule has 4 nitrogen and oxygen atoms in total. The van der Waals surface area contributed by atoms with Crippen molar-refractivity contribution in [3.8, 4) is 5.75 Å². The Morgan fingerprint density at radius 3 is 2.89 bits per heavy atom. The second-order valence-electron chi connectivity index (χ2n) is 7.10. The molecule has 1 amide bonds. The lowest BCUT2D eigenvalue weighted by atomic mass is 10.1. The lowest BCUT2D eigenvalue weighted by Crippen LogP contribution is -2.30. The molecule has 1 fully saturated rings. The van der Waals surface area contributed by atoms with Gasteiger partial charge in [0, 0.05) is 30.2 Å². The first-order chi connectivity index (χ1) is 13.2. The Bertz CT molecular complexity index is 937. The minimum absolute atomic E-state index is 0.164. The van der Waals surface area contributed by atoms with Crippen LogP contribution in [0.3, 0.4) is 0 Å². The second kappa shape index (κ2) is 7.82. The van der Waals surface area contributed by atoms with Gasteiger partial charge in [0.2, 0.25) is 5.91 Å². The van der Waals surface area contributed by atoms with Gasteiger partial charge in [-0.3, -0.25) is 4.79 Å². The van der Waals surface area contributed by atoms with Gasteiger partial charge in [-0.2, -0.15) is 0 Å². The first kappa shape index (κ1) is 17.6. The van der Waals surface area contributed by atoms with E-state index >= 15 is 0 Å². The van der Waals surface area contributed by atoms with E-state index in [4.69, 9.17) is 4.74 Å². The van der Waals surface area contributed by atoms with Gasteiger partial charge in [-0.1, -0.05) is 30.3 Å². The summed E-state index contributed by atoms with van der Waals surface area (Å²) in [6, 6.07) is 14.5. The van der Waals surface area contributed by atoms with Crippen molar-refractivity contribution in [1.29, 1.82) is 0 Å². The van der Waals surface area contributed by atoms with E-state index in [-0.39, 0.29) is 11.7 Å². The highest BCUT2D eigenvalue weighted by molar-refractivity contribution is 5.88. The zero-order valence-electron chi connectivity index (χ0n) is 15.2. The van der Waals surface area contributed by atoms with Gasteiger partial charge >= 0.3 is 0 Å². The van der Waals surface area contributed by atoms with Crippen LogP contribution in [-0.2, 0) is 11.2 Å². The van der Waals surface area contributed by atoms with Crippen LogP contribution in [0.25, 0.3) is 10.9 Å². The molecule has 1 unspecified atom stereocenters. The van der Waals surface area contributed by atoms with Crippen molar-refractivity contribution in [2.24, 2.45) is 5.92 Å². The van der Waals surface area contributed by atoms with Crippen LogP contribution in [0.4, 0.5) is 4.39 Å². The monoisotopic (exact) mass is 366 g/mol. The van der Waals surface area contributed by atoms with Crippen LogP contribution in [-0.4, -0.2) is 35.5 Å². The average molecular weight is 366 g/mol. The molecule has 4 rings (SSSR count). The zero-order valence-corrected chi connectivity index (χ0v) is 15.2. The Labute approximate surface area is 157 Å². The number of amides is 1. The molecule has 1 atom stereocenters. The van der Waals surface area contributed by atoms with Gasteiger partial charge in [0.25, 0.3) is 0 Å². The highest BCUT2D eigenvalue weighted by Crippen LogP contribution is 2.24. The molecular weight excluding hydrogens is 343 g/mol. The third kappa shape index (κ3) is 3.97. The van der Waals surface area contributed by atoms with Gasteiger partial charge in [0.1, 0.15) is 0 Å².